The molecule has 4 heteroatoms. The van der Waals surface area contributed by atoms with E-state index < -0.39 is 0 Å². The summed E-state index contributed by atoms with van der Waals surface area (Å²) >= 11 is 0. The van der Waals surface area contributed by atoms with Crippen molar-refractivity contribution in [2.45, 2.75) is 12.5 Å². The highest BCUT2D eigenvalue weighted by Crippen LogP contribution is 1.99. The van der Waals surface area contributed by atoms with E-state index in [1.165, 1.54) is 0 Å². The van der Waals surface area contributed by atoms with Gasteiger partial charge in [-0.25, -0.2) is 0 Å². The number of carbonyl (C=O) groups excluding carboxylic acids is 1. The van der Waals surface area contributed by atoms with Gasteiger partial charge in [-0.05, 0) is 25.1 Å². The first-order chi connectivity index (χ1) is 6.86. The fraction of sp³-hybridized carbons (Fsp3) is 0.500. The molecule has 0 spiro atoms. The van der Waals surface area contributed by atoms with Crippen LogP contribution in [0.25, 0.3) is 0 Å². The van der Waals surface area contributed by atoms with Gasteiger partial charge in [0.1, 0.15) is 0 Å². The lowest BCUT2D eigenvalue weighted by atomic mass is 10.2. The standard InChI is InChI=1S/C10H15N3O/c14-10(9-2-1-4-12-9)7-13-8-3-5-11-6-8/h1-2,4,8,11-13H,3,5-7H2/t8-/m0/s1. The summed E-state index contributed by atoms with van der Waals surface area (Å²) in [7, 11) is 0. The molecular formula is C10H15N3O. The van der Waals surface area contributed by atoms with E-state index in [-0.39, 0.29) is 5.78 Å². The Morgan fingerprint density at radius 1 is 1.64 bits per heavy atom. The van der Waals surface area contributed by atoms with Crippen molar-refractivity contribution >= 4 is 5.78 Å². The normalized spacial score (nSPS) is 21.3. The van der Waals surface area contributed by atoms with Gasteiger partial charge in [-0.1, -0.05) is 0 Å². The number of ketones is 1. The second-order valence-electron chi connectivity index (χ2n) is 3.58. The highest BCUT2D eigenvalue weighted by atomic mass is 16.1. The number of nitrogens with one attached hydrogen (secondary N) is 3. The maximum Gasteiger partial charge on any atom is 0.192 e. The largest absolute Gasteiger partial charge is 0.359 e. The molecule has 2 rings (SSSR count). The first-order valence-electron chi connectivity index (χ1n) is 4.97. The molecular weight excluding hydrogens is 178 g/mol. The lowest BCUT2D eigenvalue weighted by Crippen LogP contribution is -2.35. The van der Waals surface area contributed by atoms with E-state index in [4.69, 9.17) is 0 Å². The zero-order valence-electron chi connectivity index (χ0n) is 8.05. The molecule has 1 aromatic heterocycles. The topological polar surface area (TPSA) is 56.9 Å². The van der Waals surface area contributed by atoms with Crippen molar-refractivity contribution in [3.8, 4) is 0 Å². The van der Waals surface area contributed by atoms with E-state index in [0.29, 0.717) is 18.3 Å². The van der Waals surface area contributed by atoms with E-state index >= 15 is 0 Å². The average molecular weight is 193 g/mol. The fourth-order valence-electron chi connectivity index (χ4n) is 1.66. The van der Waals surface area contributed by atoms with Crippen molar-refractivity contribution in [2.24, 2.45) is 0 Å². The van der Waals surface area contributed by atoms with Crippen molar-refractivity contribution < 1.29 is 4.79 Å². The third-order valence-electron chi connectivity index (χ3n) is 2.51. The van der Waals surface area contributed by atoms with Crippen LogP contribution in [0.2, 0.25) is 0 Å². The second-order valence-corrected chi connectivity index (χ2v) is 3.58. The summed E-state index contributed by atoms with van der Waals surface area (Å²) < 4.78 is 0. The van der Waals surface area contributed by atoms with E-state index in [1.807, 2.05) is 6.07 Å². The van der Waals surface area contributed by atoms with Crippen LogP contribution in [-0.2, 0) is 0 Å². The molecule has 14 heavy (non-hydrogen) atoms. The lowest BCUT2D eigenvalue weighted by molar-refractivity contribution is 0.0984. The van der Waals surface area contributed by atoms with Crippen LogP contribution in [0.15, 0.2) is 18.3 Å². The van der Waals surface area contributed by atoms with E-state index in [2.05, 4.69) is 15.6 Å². The molecule has 0 aliphatic carbocycles. The molecule has 1 atom stereocenters. The third-order valence-corrected chi connectivity index (χ3v) is 2.51. The summed E-state index contributed by atoms with van der Waals surface area (Å²) in [5, 5.41) is 6.49. The minimum Gasteiger partial charge on any atom is -0.359 e. The molecule has 2 heterocycles. The van der Waals surface area contributed by atoms with Gasteiger partial charge in [-0.15, -0.1) is 0 Å². The molecule has 0 unspecified atom stereocenters. The number of aromatic nitrogens is 1. The Morgan fingerprint density at radius 2 is 2.57 bits per heavy atom. The van der Waals surface area contributed by atoms with Crippen LogP contribution >= 0.6 is 0 Å². The van der Waals surface area contributed by atoms with Crippen LogP contribution in [0.5, 0.6) is 0 Å². The van der Waals surface area contributed by atoms with Crippen molar-refractivity contribution in [3.05, 3.63) is 24.0 Å². The molecule has 1 aliphatic rings. The molecule has 0 bridgehead atoms. The molecule has 1 aromatic rings. The van der Waals surface area contributed by atoms with Crippen molar-refractivity contribution in [1.82, 2.24) is 15.6 Å². The first-order valence-corrected chi connectivity index (χ1v) is 4.97. The van der Waals surface area contributed by atoms with Gasteiger partial charge in [0.2, 0.25) is 0 Å². The highest BCUT2D eigenvalue weighted by molar-refractivity contribution is 5.95. The predicted octanol–water partition coefficient (Wildman–Crippen LogP) is 0.149. The SMILES string of the molecule is O=C(CN[C@H]1CCNC1)c1ccc[nH]1. The molecule has 0 aromatic carbocycles. The van der Waals surface area contributed by atoms with Crippen molar-refractivity contribution in [3.63, 3.8) is 0 Å². The molecule has 1 aliphatic heterocycles. The van der Waals surface area contributed by atoms with Crippen molar-refractivity contribution in [1.29, 1.82) is 0 Å². The van der Waals surface area contributed by atoms with Crippen LogP contribution in [0.3, 0.4) is 0 Å². The molecule has 4 nitrogen and oxygen atoms in total. The van der Waals surface area contributed by atoms with Gasteiger partial charge >= 0.3 is 0 Å². The number of carbonyl (C=O) groups is 1. The summed E-state index contributed by atoms with van der Waals surface area (Å²) in [5.41, 5.74) is 0.684. The fourth-order valence-corrected chi connectivity index (χ4v) is 1.66. The third kappa shape index (κ3) is 2.21. The van der Waals surface area contributed by atoms with Gasteiger partial charge in [0.25, 0.3) is 0 Å². The molecule has 1 fully saturated rings. The molecule has 3 N–H and O–H groups in total. The van der Waals surface area contributed by atoms with E-state index in [9.17, 15) is 4.79 Å². The number of Topliss-reactive ketones (excluding diaryl/α,β-unsaturated/α-hetero) is 1. The smallest absolute Gasteiger partial charge is 0.192 e. The lowest BCUT2D eigenvalue weighted by Gasteiger charge is -2.09. The molecule has 0 saturated carbocycles. The Bertz CT molecular complexity index is 288. The Labute approximate surface area is 83.1 Å². The second kappa shape index (κ2) is 4.39. The van der Waals surface area contributed by atoms with Crippen LogP contribution in [-0.4, -0.2) is 36.4 Å². The maximum absolute atomic E-state index is 11.5. The zero-order chi connectivity index (χ0) is 9.80. The quantitative estimate of drug-likeness (QED) is 0.597. The first kappa shape index (κ1) is 9.43. The summed E-state index contributed by atoms with van der Waals surface area (Å²) in [6, 6.07) is 4.09. The van der Waals surface area contributed by atoms with Crippen LogP contribution in [0, 0.1) is 0 Å². The number of H-pyrrole nitrogens is 1. The minimum atomic E-state index is 0.127. The average Bonchev–Trinajstić information content (AvgIpc) is 2.87. The Morgan fingerprint density at radius 3 is 3.21 bits per heavy atom. The van der Waals surface area contributed by atoms with Gasteiger partial charge in [0.15, 0.2) is 5.78 Å². The molecule has 76 valence electrons. The van der Waals surface area contributed by atoms with Crippen LogP contribution in [0.1, 0.15) is 16.9 Å². The van der Waals surface area contributed by atoms with Gasteiger partial charge in [-0.3, -0.25) is 4.79 Å². The van der Waals surface area contributed by atoms with Crippen LogP contribution < -0.4 is 10.6 Å². The Balaban J connectivity index is 1.78. The van der Waals surface area contributed by atoms with Gasteiger partial charge in [0.05, 0.1) is 12.2 Å². The van der Waals surface area contributed by atoms with Crippen LogP contribution in [0.4, 0.5) is 0 Å². The molecule has 0 radical (unpaired) electrons. The highest BCUT2D eigenvalue weighted by Gasteiger charge is 2.15. The molecule has 0 amide bonds. The summed E-state index contributed by atoms with van der Waals surface area (Å²) in [4.78, 5) is 14.5. The van der Waals surface area contributed by atoms with E-state index in [0.717, 1.165) is 19.5 Å². The Hall–Kier alpha value is -1.13. The summed E-state index contributed by atoms with van der Waals surface area (Å²) in [6.45, 7) is 2.44. The molecule has 1 saturated heterocycles. The zero-order valence-corrected chi connectivity index (χ0v) is 8.05. The monoisotopic (exact) mass is 193 g/mol. The van der Waals surface area contributed by atoms with Gasteiger partial charge in [-0.2, -0.15) is 0 Å². The van der Waals surface area contributed by atoms with Gasteiger partial charge < -0.3 is 15.6 Å². The maximum atomic E-state index is 11.5. The van der Waals surface area contributed by atoms with Crippen molar-refractivity contribution in [2.75, 3.05) is 19.6 Å². The van der Waals surface area contributed by atoms with E-state index in [1.54, 1.807) is 12.3 Å². The Kier molecular flexibility index (Phi) is 2.96. The minimum absolute atomic E-state index is 0.127. The number of hydrogen-bond acceptors (Lipinski definition) is 3. The van der Waals surface area contributed by atoms with Gasteiger partial charge in [0, 0.05) is 18.8 Å². The number of hydrogen-bond donors (Lipinski definition) is 3. The predicted molar refractivity (Wildman–Crippen MR) is 54.4 cm³/mol. The summed E-state index contributed by atoms with van der Waals surface area (Å²) in [6.07, 6.45) is 2.88. The summed E-state index contributed by atoms with van der Waals surface area (Å²) in [5.74, 6) is 0.127. The number of aromatic amines is 1. The number of rotatable bonds is 4.